The van der Waals surface area contributed by atoms with Crippen molar-refractivity contribution < 1.29 is 23.4 Å². The number of nitrogens with zero attached hydrogens (tertiary/aromatic N) is 1. The lowest BCUT2D eigenvalue weighted by Gasteiger charge is -2.35. The lowest BCUT2D eigenvalue weighted by Crippen LogP contribution is -2.48. The van der Waals surface area contributed by atoms with E-state index in [1.165, 1.54) is 9.69 Å². The predicted molar refractivity (Wildman–Crippen MR) is 69.9 cm³/mol. The number of piperidine rings is 1. The predicted octanol–water partition coefficient (Wildman–Crippen LogP) is 0.982. The first-order valence-corrected chi connectivity index (χ1v) is 8.09. The number of β-amino-alcohol motifs (C(OH)–C–C–N with tert-alkyl or cyclic N) is 1. The van der Waals surface area contributed by atoms with Crippen LogP contribution in [-0.4, -0.2) is 47.6 Å². The SMILES string of the molecule is CC1(O)CCCN(S(=O)(=O)c2csc(C(=O)O)c2)C1. The van der Waals surface area contributed by atoms with Gasteiger partial charge >= 0.3 is 5.97 Å². The zero-order chi connectivity index (χ0) is 14.3. The van der Waals surface area contributed by atoms with Gasteiger partial charge in [-0.1, -0.05) is 0 Å². The van der Waals surface area contributed by atoms with E-state index in [0.717, 1.165) is 17.4 Å². The van der Waals surface area contributed by atoms with Crippen molar-refractivity contribution in [3.8, 4) is 0 Å². The molecule has 0 aliphatic carbocycles. The van der Waals surface area contributed by atoms with Crippen LogP contribution >= 0.6 is 11.3 Å². The van der Waals surface area contributed by atoms with Gasteiger partial charge in [0.05, 0.1) is 10.5 Å². The second-order valence-electron chi connectivity index (χ2n) is 4.89. The highest BCUT2D eigenvalue weighted by molar-refractivity contribution is 7.89. The molecule has 0 aromatic carbocycles. The molecule has 0 radical (unpaired) electrons. The van der Waals surface area contributed by atoms with E-state index in [-0.39, 0.29) is 16.3 Å². The van der Waals surface area contributed by atoms with Crippen molar-refractivity contribution in [3.05, 3.63) is 16.3 Å². The van der Waals surface area contributed by atoms with E-state index in [0.29, 0.717) is 19.4 Å². The fourth-order valence-corrected chi connectivity index (χ4v) is 4.79. The Balaban J connectivity index is 2.28. The van der Waals surface area contributed by atoms with Crippen molar-refractivity contribution in [2.75, 3.05) is 13.1 Å². The molecule has 0 spiro atoms. The Morgan fingerprint density at radius 3 is 2.74 bits per heavy atom. The van der Waals surface area contributed by atoms with Gasteiger partial charge in [0.1, 0.15) is 4.88 Å². The van der Waals surface area contributed by atoms with Crippen molar-refractivity contribution in [2.24, 2.45) is 0 Å². The Hall–Kier alpha value is -0.960. The second kappa shape index (κ2) is 4.86. The number of carboxylic acids is 1. The minimum absolute atomic E-state index is 0.0117. The van der Waals surface area contributed by atoms with Gasteiger partial charge in [-0.25, -0.2) is 13.2 Å². The van der Waals surface area contributed by atoms with Crippen molar-refractivity contribution in [1.82, 2.24) is 4.31 Å². The molecule has 0 bridgehead atoms. The van der Waals surface area contributed by atoms with Crippen LogP contribution in [-0.2, 0) is 10.0 Å². The largest absolute Gasteiger partial charge is 0.477 e. The number of aromatic carboxylic acids is 1. The van der Waals surface area contributed by atoms with Gasteiger partial charge in [-0.05, 0) is 25.8 Å². The second-order valence-corrected chi connectivity index (χ2v) is 7.74. The minimum atomic E-state index is -3.73. The summed E-state index contributed by atoms with van der Waals surface area (Å²) in [6.07, 6.45) is 1.14. The zero-order valence-corrected chi connectivity index (χ0v) is 12.0. The molecule has 0 saturated carbocycles. The highest BCUT2D eigenvalue weighted by atomic mass is 32.2. The summed E-state index contributed by atoms with van der Waals surface area (Å²) in [5.74, 6) is -1.14. The standard InChI is InChI=1S/C11H15NO5S2/c1-11(15)3-2-4-12(7-11)19(16,17)8-5-9(10(13)14)18-6-8/h5-6,15H,2-4,7H2,1H3,(H,13,14). The highest BCUT2D eigenvalue weighted by Crippen LogP contribution is 2.28. The molecule has 1 atom stereocenters. The molecular weight excluding hydrogens is 290 g/mol. The van der Waals surface area contributed by atoms with Crippen LogP contribution in [0.25, 0.3) is 0 Å². The van der Waals surface area contributed by atoms with Gasteiger partial charge in [0, 0.05) is 18.5 Å². The molecule has 1 aliphatic heterocycles. The van der Waals surface area contributed by atoms with E-state index >= 15 is 0 Å². The molecule has 1 aromatic rings. The maximum Gasteiger partial charge on any atom is 0.345 e. The molecular formula is C11H15NO5S2. The highest BCUT2D eigenvalue weighted by Gasteiger charge is 2.36. The topological polar surface area (TPSA) is 94.9 Å². The quantitative estimate of drug-likeness (QED) is 0.868. The van der Waals surface area contributed by atoms with Crippen LogP contribution in [0, 0.1) is 0 Å². The summed E-state index contributed by atoms with van der Waals surface area (Å²) in [6, 6.07) is 1.16. The maximum absolute atomic E-state index is 12.3. The summed E-state index contributed by atoms with van der Waals surface area (Å²) in [5, 5.41) is 20.1. The summed E-state index contributed by atoms with van der Waals surface area (Å²) < 4.78 is 25.9. The number of hydrogen-bond acceptors (Lipinski definition) is 5. The molecule has 1 fully saturated rings. The van der Waals surface area contributed by atoms with E-state index in [2.05, 4.69) is 0 Å². The molecule has 0 amide bonds. The van der Waals surface area contributed by atoms with Crippen LogP contribution in [0.1, 0.15) is 29.4 Å². The van der Waals surface area contributed by atoms with Gasteiger partial charge in [0.2, 0.25) is 10.0 Å². The lowest BCUT2D eigenvalue weighted by atomic mass is 9.97. The van der Waals surface area contributed by atoms with Gasteiger partial charge in [-0.2, -0.15) is 4.31 Å². The molecule has 2 N–H and O–H groups in total. The number of carboxylic acid groups (broad SMARTS) is 1. The first-order chi connectivity index (χ1) is 8.72. The van der Waals surface area contributed by atoms with Crippen molar-refractivity contribution in [2.45, 2.75) is 30.3 Å². The van der Waals surface area contributed by atoms with E-state index in [1.807, 2.05) is 0 Å². The van der Waals surface area contributed by atoms with Crippen molar-refractivity contribution >= 4 is 27.3 Å². The molecule has 1 aliphatic rings. The number of sulfonamides is 1. The fraction of sp³-hybridized carbons (Fsp3) is 0.545. The van der Waals surface area contributed by atoms with E-state index in [1.54, 1.807) is 6.92 Å². The Bertz CT molecular complexity index is 590. The van der Waals surface area contributed by atoms with Crippen LogP contribution in [0.15, 0.2) is 16.3 Å². The van der Waals surface area contributed by atoms with Crippen LogP contribution in [0.4, 0.5) is 0 Å². The van der Waals surface area contributed by atoms with Crippen molar-refractivity contribution in [3.63, 3.8) is 0 Å². The Labute approximate surface area is 115 Å². The molecule has 106 valence electrons. The number of rotatable bonds is 3. The van der Waals surface area contributed by atoms with Gasteiger partial charge in [-0.15, -0.1) is 11.3 Å². The average Bonchev–Trinajstić information content (AvgIpc) is 2.77. The fourth-order valence-electron chi connectivity index (χ4n) is 2.09. The van der Waals surface area contributed by atoms with E-state index in [4.69, 9.17) is 5.11 Å². The van der Waals surface area contributed by atoms with Gasteiger partial charge in [-0.3, -0.25) is 0 Å². The monoisotopic (exact) mass is 305 g/mol. The van der Waals surface area contributed by atoms with Gasteiger partial charge in [0.25, 0.3) is 0 Å². The summed E-state index contributed by atoms with van der Waals surface area (Å²) in [7, 11) is -3.73. The Kier molecular flexibility index (Phi) is 3.69. The molecule has 8 heteroatoms. The third-order valence-corrected chi connectivity index (χ3v) is 5.95. The third-order valence-electron chi connectivity index (χ3n) is 3.06. The zero-order valence-electron chi connectivity index (χ0n) is 10.4. The lowest BCUT2D eigenvalue weighted by molar-refractivity contribution is 0.00939. The molecule has 6 nitrogen and oxygen atoms in total. The number of aliphatic hydroxyl groups is 1. The third kappa shape index (κ3) is 2.97. The number of hydrogen-bond donors (Lipinski definition) is 2. The minimum Gasteiger partial charge on any atom is -0.477 e. The molecule has 2 heterocycles. The van der Waals surface area contributed by atoms with Crippen LogP contribution < -0.4 is 0 Å². The van der Waals surface area contributed by atoms with E-state index in [9.17, 15) is 18.3 Å². The molecule has 2 rings (SSSR count). The summed E-state index contributed by atoms with van der Waals surface area (Å²) in [4.78, 5) is 10.8. The van der Waals surface area contributed by atoms with Crippen molar-refractivity contribution in [1.29, 1.82) is 0 Å². The number of carbonyl (C=O) groups is 1. The molecule has 1 unspecified atom stereocenters. The summed E-state index contributed by atoms with van der Waals surface area (Å²) in [6.45, 7) is 1.98. The smallest absolute Gasteiger partial charge is 0.345 e. The summed E-state index contributed by atoms with van der Waals surface area (Å²) in [5.41, 5.74) is -1.03. The van der Waals surface area contributed by atoms with Gasteiger partial charge < -0.3 is 10.2 Å². The molecule has 1 aromatic heterocycles. The van der Waals surface area contributed by atoms with E-state index < -0.39 is 21.6 Å². The first kappa shape index (κ1) is 14.4. The summed E-state index contributed by atoms with van der Waals surface area (Å²) >= 11 is 0.881. The van der Waals surface area contributed by atoms with Gasteiger partial charge in [0.15, 0.2) is 0 Å². The normalized spacial score (nSPS) is 25.4. The first-order valence-electron chi connectivity index (χ1n) is 5.77. The number of thiophene rings is 1. The molecule has 19 heavy (non-hydrogen) atoms. The van der Waals surface area contributed by atoms with Crippen LogP contribution in [0.5, 0.6) is 0 Å². The van der Waals surface area contributed by atoms with Crippen LogP contribution in [0.2, 0.25) is 0 Å². The Morgan fingerprint density at radius 2 is 2.21 bits per heavy atom. The Morgan fingerprint density at radius 1 is 1.53 bits per heavy atom. The maximum atomic E-state index is 12.3. The van der Waals surface area contributed by atoms with Crippen LogP contribution in [0.3, 0.4) is 0 Å². The average molecular weight is 305 g/mol. The molecule has 1 saturated heterocycles.